The fourth-order valence-electron chi connectivity index (χ4n) is 2.33. The van der Waals surface area contributed by atoms with Crippen molar-refractivity contribution >= 4 is 5.95 Å². The lowest BCUT2D eigenvalue weighted by molar-refractivity contribution is 0.369. The van der Waals surface area contributed by atoms with Crippen LogP contribution in [0, 0.1) is 5.41 Å². The van der Waals surface area contributed by atoms with Crippen molar-refractivity contribution in [3.8, 4) is 0 Å². The van der Waals surface area contributed by atoms with Gasteiger partial charge in [0.2, 0.25) is 5.95 Å². The number of hydrogen-bond acceptors (Lipinski definition) is 4. The first-order valence-corrected chi connectivity index (χ1v) is 7.06. The van der Waals surface area contributed by atoms with Gasteiger partial charge < -0.3 is 10.2 Å². The van der Waals surface area contributed by atoms with Crippen molar-refractivity contribution in [2.45, 2.75) is 40.0 Å². The molecule has 0 unspecified atom stereocenters. The molecule has 2 rings (SSSR count). The molecule has 1 fully saturated rings. The van der Waals surface area contributed by atoms with E-state index in [2.05, 4.69) is 54.8 Å². The van der Waals surface area contributed by atoms with Crippen LogP contribution in [0.4, 0.5) is 5.95 Å². The molecule has 0 bridgehead atoms. The molecule has 106 valence electrons. The average molecular weight is 262 g/mol. The quantitative estimate of drug-likeness (QED) is 0.842. The smallest absolute Gasteiger partial charge is 0.225 e. The molecule has 0 amide bonds. The highest BCUT2D eigenvalue weighted by molar-refractivity contribution is 5.32. The molecule has 1 aromatic rings. The van der Waals surface area contributed by atoms with Gasteiger partial charge in [-0.1, -0.05) is 34.6 Å². The number of aromatic nitrogens is 2. The zero-order valence-corrected chi connectivity index (χ0v) is 12.8. The maximum Gasteiger partial charge on any atom is 0.225 e. The van der Waals surface area contributed by atoms with E-state index in [9.17, 15) is 0 Å². The second-order valence-electron chi connectivity index (χ2n) is 7.28. The third-order valence-corrected chi connectivity index (χ3v) is 3.57. The van der Waals surface area contributed by atoms with Crippen LogP contribution >= 0.6 is 0 Å². The molecule has 19 heavy (non-hydrogen) atoms. The summed E-state index contributed by atoms with van der Waals surface area (Å²) in [5.41, 5.74) is 1.55. The standard InChI is InChI=1S/C15H26N4/c1-14(2,3)12-8-17-13(18-9-12)19-7-6-16-10-15(4,5)11-19/h8-9,16H,6-7,10-11H2,1-5H3. The van der Waals surface area contributed by atoms with Crippen molar-refractivity contribution in [3.05, 3.63) is 18.0 Å². The van der Waals surface area contributed by atoms with Crippen molar-refractivity contribution in [1.29, 1.82) is 0 Å². The van der Waals surface area contributed by atoms with E-state index in [1.54, 1.807) is 0 Å². The van der Waals surface area contributed by atoms with Gasteiger partial charge in [-0.25, -0.2) is 9.97 Å². The Hall–Kier alpha value is -1.16. The van der Waals surface area contributed by atoms with Gasteiger partial charge in [-0.3, -0.25) is 0 Å². The molecular formula is C15H26N4. The third-order valence-electron chi connectivity index (χ3n) is 3.57. The normalized spacial score (nSPS) is 20.2. The monoisotopic (exact) mass is 262 g/mol. The largest absolute Gasteiger partial charge is 0.339 e. The maximum atomic E-state index is 4.56. The first-order valence-electron chi connectivity index (χ1n) is 7.06. The van der Waals surface area contributed by atoms with Crippen LogP contribution in [0.15, 0.2) is 12.4 Å². The van der Waals surface area contributed by atoms with Crippen LogP contribution in [-0.4, -0.2) is 36.1 Å². The summed E-state index contributed by atoms with van der Waals surface area (Å²) in [5, 5.41) is 3.48. The molecule has 1 aromatic heterocycles. The second-order valence-corrected chi connectivity index (χ2v) is 7.28. The van der Waals surface area contributed by atoms with E-state index < -0.39 is 0 Å². The minimum Gasteiger partial charge on any atom is -0.339 e. The summed E-state index contributed by atoms with van der Waals surface area (Å²) in [6.07, 6.45) is 3.93. The Morgan fingerprint density at radius 1 is 1.21 bits per heavy atom. The Labute approximate surface area is 116 Å². The minimum absolute atomic E-state index is 0.109. The molecule has 1 N–H and O–H groups in total. The minimum atomic E-state index is 0.109. The zero-order valence-electron chi connectivity index (χ0n) is 12.8. The Bertz CT molecular complexity index is 417. The summed E-state index contributed by atoms with van der Waals surface area (Å²) in [7, 11) is 0. The molecule has 0 atom stereocenters. The Balaban J connectivity index is 2.17. The topological polar surface area (TPSA) is 41.0 Å². The van der Waals surface area contributed by atoms with Crippen LogP contribution in [0.25, 0.3) is 0 Å². The van der Waals surface area contributed by atoms with E-state index in [1.807, 2.05) is 12.4 Å². The van der Waals surface area contributed by atoms with E-state index in [0.717, 1.165) is 32.1 Å². The van der Waals surface area contributed by atoms with Gasteiger partial charge in [0.05, 0.1) is 0 Å². The Morgan fingerprint density at radius 3 is 2.42 bits per heavy atom. The van der Waals surface area contributed by atoms with Crippen molar-refractivity contribution in [3.63, 3.8) is 0 Å². The van der Waals surface area contributed by atoms with E-state index in [1.165, 1.54) is 5.56 Å². The van der Waals surface area contributed by atoms with Crippen LogP contribution in [0.2, 0.25) is 0 Å². The predicted molar refractivity (Wildman–Crippen MR) is 79.6 cm³/mol. The lowest BCUT2D eigenvalue weighted by Crippen LogP contribution is -2.36. The molecule has 0 saturated carbocycles. The Kier molecular flexibility index (Phi) is 3.81. The van der Waals surface area contributed by atoms with Crippen LogP contribution in [0.1, 0.15) is 40.2 Å². The second kappa shape index (κ2) is 5.08. The summed E-state index contributed by atoms with van der Waals surface area (Å²) in [6.45, 7) is 15.1. The predicted octanol–water partition coefficient (Wildman–Crippen LogP) is 2.21. The van der Waals surface area contributed by atoms with Crippen molar-refractivity contribution < 1.29 is 0 Å². The summed E-state index contributed by atoms with van der Waals surface area (Å²) in [6, 6.07) is 0. The molecular weight excluding hydrogens is 236 g/mol. The summed E-state index contributed by atoms with van der Waals surface area (Å²) in [4.78, 5) is 11.4. The molecule has 1 aliphatic rings. The van der Waals surface area contributed by atoms with Gasteiger partial charge >= 0.3 is 0 Å². The molecule has 4 heteroatoms. The lowest BCUT2D eigenvalue weighted by Gasteiger charge is -2.29. The fraction of sp³-hybridized carbons (Fsp3) is 0.733. The van der Waals surface area contributed by atoms with Crippen LogP contribution in [-0.2, 0) is 5.41 Å². The average Bonchev–Trinajstić information content (AvgIpc) is 2.49. The molecule has 0 aromatic carbocycles. The number of nitrogens with zero attached hydrogens (tertiary/aromatic N) is 3. The van der Waals surface area contributed by atoms with Gasteiger partial charge in [-0.05, 0) is 16.4 Å². The van der Waals surface area contributed by atoms with Gasteiger partial charge in [0.15, 0.2) is 0 Å². The van der Waals surface area contributed by atoms with E-state index in [-0.39, 0.29) is 10.8 Å². The summed E-state index contributed by atoms with van der Waals surface area (Å²) in [5.74, 6) is 0.852. The highest BCUT2D eigenvalue weighted by Gasteiger charge is 2.26. The number of hydrogen-bond donors (Lipinski definition) is 1. The summed E-state index contributed by atoms with van der Waals surface area (Å²) < 4.78 is 0. The first kappa shape index (κ1) is 14.3. The molecule has 1 aliphatic heterocycles. The van der Waals surface area contributed by atoms with Crippen LogP contribution in [0.5, 0.6) is 0 Å². The van der Waals surface area contributed by atoms with E-state index >= 15 is 0 Å². The number of nitrogens with one attached hydrogen (secondary N) is 1. The SMILES string of the molecule is CC1(C)CNCCN(c2ncc(C(C)(C)C)cn2)C1. The van der Waals surface area contributed by atoms with Crippen LogP contribution in [0.3, 0.4) is 0 Å². The van der Waals surface area contributed by atoms with E-state index in [4.69, 9.17) is 0 Å². The van der Waals surface area contributed by atoms with Gasteiger partial charge in [-0.15, -0.1) is 0 Å². The van der Waals surface area contributed by atoms with Gasteiger partial charge in [-0.2, -0.15) is 0 Å². The first-order chi connectivity index (χ1) is 8.78. The van der Waals surface area contributed by atoms with E-state index in [0.29, 0.717) is 0 Å². The molecule has 0 radical (unpaired) electrons. The van der Waals surface area contributed by atoms with Gasteiger partial charge in [0.25, 0.3) is 0 Å². The number of anilines is 1. The van der Waals surface area contributed by atoms with Crippen molar-refractivity contribution in [2.75, 3.05) is 31.1 Å². The maximum absolute atomic E-state index is 4.56. The molecule has 2 heterocycles. The van der Waals surface area contributed by atoms with Gasteiger partial charge in [0, 0.05) is 38.6 Å². The van der Waals surface area contributed by atoms with Crippen molar-refractivity contribution in [1.82, 2.24) is 15.3 Å². The molecule has 1 saturated heterocycles. The third kappa shape index (κ3) is 3.66. The van der Waals surface area contributed by atoms with Crippen LogP contribution < -0.4 is 10.2 Å². The highest BCUT2D eigenvalue weighted by Crippen LogP contribution is 2.23. The van der Waals surface area contributed by atoms with Crippen molar-refractivity contribution in [2.24, 2.45) is 5.41 Å². The molecule has 0 spiro atoms. The van der Waals surface area contributed by atoms with Gasteiger partial charge in [0.1, 0.15) is 0 Å². The molecule has 4 nitrogen and oxygen atoms in total. The summed E-state index contributed by atoms with van der Waals surface area (Å²) >= 11 is 0. The molecule has 0 aliphatic carbocycles. The fourth-order valence-corrected chi connectivity index (χ4v) is 2.33. The lowest BCUT2D eigenvalue weighted by atomic mass is 9.89. The Morgan fingerprint density at radius 2 is 1.84 bits per heavy atom. The number of rotatable bonds is 1. The highest BCUT2D eigenvalue weighted by atomic mass is 15.3. The zero-order chi connectivity index (χ0) is 14.1.